The smallest absolute Gasteiger partial charge is 0.330 e. The Bertz CT molecular complexity index is 544. The third-order valence-corrected chi connectivity index (χ3v) is 2.82. The van der Waals surface area contributed by atoms with E-state index in [1.165, 1.54) is 19.4 Å². The fourth-order valence-electron chi connectivity index (χ4n) is 1.42. The molecule has 1 rings (SSSR count). The Morgan fingerprint density at radius 1 is 1.48 bits per heavy atom. The fraction of sp³-hybridized carbons (Fsp3) is 0.429. The first-order valence-electron chi connectivity index (χ1n) is 6.50. The number of hydrogen-bond acceptors (Lipinski definition) is 5. The number of carbonyl (C=O) groups excluding carboxylic acids is 2. The molecule has 0 aliphatic rings. The highest BCUT2D eigenvalue weighted by molar-refractivity contribution is 6.33. The lowest BCUT2D eigenvalue weighted by molar-refractivity contribution is -0.134. The van der Waals surface area contributed by atoms with Gasteiger partial charge >= 0.3 is 5.97 Å². The van der Waals surface area contributed by atoms with E-state index < -0.39 is 5.97 Å². The maximum Gasteiger partial charge on any atom is 0.330 e. The normalized spacial score (nSPS) is 10.9. The summed E-state index contributed by atoms with van der Waals surface area (Å²) in [7, 11) is 1.30. The molecule has 1 aromatic rings. The zero-order valence-corrected chi connectivity index (χ0v) is 13.0. The van der Waals surface area contributed by atoms with E-state index in [1.807, 2.05) is 13.8 Å². The lowest BCUT2D eigenvalue weighted by Gasteiger charge is -2.08. The monoisotopic (exact) mass is 311 g/mol. The van der Waals surface area contributed by atoms with Gasteiger partial charge in [0.05, 0.1) is 18.3 Å². The zero-order valence-electron chi connectivity index (χ0n) is 12.2. The Morgan fingerprint density at radius 2 is 2.19 bits per heavy atom. The quantitative estimate of drug-likeness (QED) is 0.494. The Morgan fingerprint density at radius 3 is 2.81 bits per heavy atom. The molecular formula is C14H18ClN3O3. The highest BCUT2D eigenvalue weighted by Crippen LogP contribution is 2.16. The van der Waals surface area contributed by atoms with Gasteiger partial charge in [0.2, 0.25) is 0 Å². The van der Waals surface area contributed by atoms with E-state index in [-0.39, 0.29) is 22.5 Å². The van der Waals surface area contributed by atoms with Crippen molar-refractivity contribution in [2.75, 3.05) is 13.7 Å². The van der Waals surface area contributed by atoms with E-state index >= 15 is 0 Å². The van der Waals surface area contributed by atoms with E-state index in [4.69, 9.17) is 11.6 Å². The predicted molar refractivity (Wildman–Crippen MR) is 79.2 cm³/mol. The van der Waals surface area contributed by atoms with Crippen LogP contribution in [0.4, 0.5) is 0 Å². The lowest BCUT2D eigenvalue weighted by Crippen LogP contribution is -2.26. The molecule has 7 heteroatoms. The van der Waals surface area contributed by atoms with Gasteiger partial charge in [0.1, 0.15) is 11.5 Å². The van der Waals surface area contributed by atoms with Crippen molar-refractivity contribution in [1.29, 1.82) is 0 Å². The minimum absolute atomic E-state index is 0.108. The number of hydrogen-bond donors (Lipinski definition) is 1. The number of aromatic nitrogens is 2. The summed E-state index contributed by atoms with van der Waals surface area (Å²) in [5.74, 6) is -0.121. The first kappa shape index (κ1) is 17.1. The SMILES string of the molecule is COC(=O)/C=C/CCNC(=O)c1nc(C(C)C)ncc1Cl. The molecule has 0 aromatic carbocycles. The van der Waals surface area contributed by atoms with E-state index in [0.29, 0.717) is 18.8 Å². The second-order valence-electron chi connectivity index (χ2n) is 4.55. The highest BCUT2D eigenvalue weighted by atomic mass is 35.5. The van der Waals surface area contributed by atoms with Gasteiger partial charge in [-0.2, -0.15) is 0 Å². The Balaban J connectivity index is 2.58. The van der Waals surface area contributed by atoms with E-state index in [2.05, 4.69) is 20.0 Å². The molecule has 0 saturated heterocycles. The summed E-state index contributed by atoms with van der Waals surface area (Å²) in [4.78, 5) is 31.1. The van der Waals surface area contributed by atoms with Gasteiger partial charge in [0.15, 0.2) is 0 Å². The molecule has 1 aromatic heterocycles. The average Bonchev–Trinajstić information content (AvgIpc) is 2.46. The number of carbonyl (C=O) groups is 2. The number of rotatable bonds is 6. The summed E-state index contributed by atoms with van der Waals surface area (Å²) in [5.41, 5.74) is 0.160. The second-order valence-corrected chi connectivity index (χ2v) is 4.96. The first-order chi connectivity index (χ1) is 9.95. The maximum absolute atomic E-state index is 12.0. The summed E-state index contributed by atoms with van der Waals surface area (Å²) in [5, 5.41) is 2.89. The van der Waals surface area contributed by atoms with Gasteiger partial charge in [-0.25, -0.2) is 14.8 Å². The fourth-order valence-corrected chi connectivity index (χ4v) is 1.60. The van der Waals surface area contributed by atoms with Crippen LogP contribution in [-0.4, -0.2) is 35.5 Å². The van der Waals surface area contributed by atoms with E-state index in [0.717, 1.165) is 0 Å². The standard InChI is InChI=1S/C14H18ClN3O3/c1-9(2)13-17-8-10(15)12(18-13)14(20)16-7-5-4-6-11(19)21-3/h4,6,8-9H,5,7H2,1-3H3,(H,16,20)/b6-4+. The Kier molecular flexibility index (Phi) is 6.81. The summed E-state index contributed by atoms with van der Waals surface area (Å²) in [6.07, 6.45) is 4.85. The van der Waals surface area contributed by atoms with Crippen molar-refractivity contribution in [2.45, 2.75) is 26.2 Å². The van der Waals surface area contributed by atoms with Crippen molar-refractivity contribution < 1.29 is 14.3 Å². The minimum atomic E-state index is -0.429. The number of nitrogens with zero attached hydrogens (tertiary/aromatic N) is 2. The van der Waals surface area contributed by atoms with Crippen molar-refractivity contribution in [2.24, 2.45) is 0 Å². The molecule has 0 fully saturated rings. The van der Waals surface area contributed by atoms with Crippen LogP contribution in [0.3, 0.4) is 0 Å². The predicted octanol–water partition coefficient (Wildman–Crippen LogP) is 2.10. The molecule has 6 nitrogen and oxygen atoms in total. The summed E-state index contributed by atoms with van der Waals surface area (Å²) in [6, 6.07) is 0. The summed E-state index contributed by atoms with van der Waals surface area (Å²) < 4.78 is 4.45. The minimum Gasteiger partial charge on any atom is -0.466 e. The summed E-state index contributed by atoms with van der Waals surface area (Å²) >= 11 is 5.94. The van der Waals surface area contributed by atoms with Gasteiger partial charge < -0.3 is 10.1 Å². The van der Waals surface area contributed by atoms with Crippen LogP contribution in [0.2, 0.25) is 5.02 Å². The topological polar surface area (TPSA) is 81.2 Å². The molecule has 0 unspecified atom stereocenters. The van der Waals surface area contributed by atoms with Crippen molar-refractivity contribution in [3.63, 3.8) is 0 Å². The first-order valence-corrected chi connectivity index (χ1v) is 6.88. The van der Waals surface area contributed by atoms with Crippen molar-refractivity contribution >= 4 is 23.5 Å². The molecule has 1 N–H and O–H groups in total. The zero-order chi connectivity index (χ0) is 15.8. The van der Waals surface area contributed by atoms with Gasteiger partial charge in [-0.3, -0.25) is 4.79 Å². The van der Waals surface area contributed by atoms with E-state index in [1.54, 1.807) is 6.08 Å². The van der Waals surface area contributed by atoms with Gasteiger partial charge in [0, 0.05) is 18.5 Å². The third kappa shape index (κ3) is 5.51. The highest BCUT2D eigenvalue weighted by Gasteiger charge is 2.14. The lowest BCUT2D eigenvalue weighted by atomic mass is 10.2. The molecule has 0 bridgehead atoms. The molecule has 0 saturated carbocycles. The maximum atomic E-state index is 12.0. The van der Waals surface area contributed by atoms with Gasteiger partial charge in [-0.15, -0.1) is 0 Å². The molecule has 0 atom stereocenters. The van der Waals surface area contributed by atoms with Crippen LogP contribution >= 0.6 is 11.6 Å². The van der Waals surface area contributed by atoms with Crippen LogP contribution in [0.25, 0.3) is 0 Å². The van der Waals surface area contributed by atoms with Crippen LogP contribution in [0.15, 0.2) is 18.3 Å². The molecule has 1 heterocycles. The molecule has 1 amide bonds. The number of amides is 1. The van der Waals surface area contributed by atoms with Gasteiger partial charge in [-0.05, 0) is 6.42 Å². The molecule has 0 radical (unpaired) electrons. The molecule has 114 valence electrons. The van der Waals surface area contributed by atoms with Crippen molar-refractivity contribution in [3.8, 4) is 0 Å². The second kappa shape index (κ2) is 8.36. The number of methoxy groups -OCH3 is 1. The number of esters is 1. The van der Waals surface area contributed by atoms with E-state index in [9.17, 15) is 9.59 Å². The molecule has 0 aliphatic heterocycles. The number of halogens is 1. The van der Waals surface area contributed by atoms with Crippen LogP contribution in [0.1, 0.15) is 42.5 Å². The van der Waals surface area contributed by atoms with Crippen molar-refractivity contribution in [1.82, 2.24) is 15.3 Å². The Labute approximate surface area is 128 Å². The van der Waals surface area contributed by atoms with Crippen molar-refractivity contribution in [3.05, 3.63) is 34.9 Å². The van der Waals surface area contributed by atoms with Gasteiger partial charge in [-0.1, -0.05) is 31.5 Å². The Hall–Kier alpha value is -1.95. The molecule has 0 spiro atoms. The third-order valence-electron chi connectivity index (χ3n) is 2.55. The molecule has 0 aliphatic carbocycles. The number of nitrogens with one attached hydrogen (secondary N) is 1. The largest absolute Gasteiger partial charge is 0.466 e. The molecule has 21 heavy (non-hydrogen) atoms. The van der Waals surface area contributed by atoms with Gasteiger partial charge in [0.25, 0.3) is 5.91 Å². The van der Waals surface area contributed by atoms with Crippen LogP contribution < -0.4 is 5.32 Å². The summed E-state index contributed by atoms with van der Waals surface area (Å²) in [6.45, 7) is 4.23. The van der Waals surface area contributed by atoms with Crippen LogP contribution in [0, 0.1) is 0 Å². The molecular weight excluding hydrogens is 294 g/mol. The van der Waals surface area contributed by atoms with Crippen LogP contribution in [-0.2, 0) is 9.53 Å². The number of ether oxygens (including phenoxy) is 1. The van der Waals surface area contributed by atoms with Crippen LogP contribution in [0.5, 0.6) is 0 Å². The average molecular weight is 312 g/mol.